The van der Waals surface area contributed by atoms with Gasteiger partial charge in [-0.25, -0.2) is 0 Å². The summed E-state index contributed by atoms with van der Waals surface area (Å²) in [5.74, 6) is 0.158. The van der Waals surface area contributed by atoms with E-state index < -0.39 is 0 Å². The smallest absolute Gasteiger partial charge is 0.257 e. The Labute approximate surface area is 139 Å². The van der Waals surface area contributed by atoms with Crippen LogP contribution in [0, 0.1) is 0 Å². The molecule has 2 aliphatic rings. The average Bonchev–Trinajstić information content (AvgIpc) is 3.23. The van der Waals surface area contributed by atoms with Crippen molar-refractivity contribution in [2.75, 3.05) is 19.6 Å². The predicted molar refractivity (Wildman–Crippen MR) is 91.6 cm³/mol. The van der Waals surface area contributed by atoms with Crippen LogP contribution in [-0.4, -0.2) is 57.2 Å². The third-order valence-electron chi connectivity index (χ3n) is 5.34. The van der Waals surface area contributed by atoms with Crippen molar-refractivity contribution in [3.63, 3.8) is 0 Å². The Morgan fingerprint density at radius 3 is 2.57 bits per heavy atom. The molecule has 2 fully saturated rings. The van der Waals surface area contributed by atoms with Crippen LogP contribution in [0.15, 0.2) is 12.4 Å². The lowest BCUT2D eigenvalue weighted by atomic mass is 10.0. The molecule has 0 N–H and O–H groups in total. The maximum atomic E-state index is 13.0. The Kier molecular flexibility index (Phi) is 4.50. The van der Waals surface area contributed by atoms with Crippen LogP contribution in [0.4, 0.5) is 0 Å². The quantitative estimate of drug-likeness (QED) is 0.860. The number of hydrogen-bond acceptors (Lipinski definition) is 3. The number of likely N-dealkylation sites (N-methyl/N-ethyl adjacent to an activating group) is 1. The molecule has 2 saturated heterocycles. The van der Waals surface area contributed by atoms with E-state index in [1.807, 2.05) is 10.9 Å². The van der Waals surface area contributed by atoms with Gasteiger partial charge in [-0.05, 0) is 59.5 Å². The Balaban J connectivity index is 1.77. The third kappa shape index (κ3) is 3.16. The Morgan fingerprint density at radius 2 is 1.91 bits per heavy atom. The molecule has 5 nitrogen and oxygen atoms in total. The SMILES string of the molecule is CCN1CCC[C@H]1[C@@H]1CCCN1C(=O)c1cnn(C(C)(C)C)c1. The molecule has 0 aromatic carbocycles. The van der Waals surface area contributed by atoms with Crippen molar-refractivity contribution in [2.45, 2.75) is 71.0 Å². The molecule has 0 spiro atoms. The summed E-state index contributed by atoms with van der Waals surface area (Å²) in [5, 5.41) is 4.39. The lowest BCUT2D eigenvalue weighted by Crippen LogP contribution is -2.48. The molecule has 3 heterocycles. The van der Waals surface area contributed by atoms with Gasteiger partial charge in [0.05, 0.1) is 17.3 Å². The van der Waals surface area contributed by atoms with E-state index in [0.717, 1.165) is 31.5 Å². The van der Waals surface area contributed by atoms with Crippen LogP contribution in [0.25, 0.3) is 0 Å². The van der Waals surface area contributed by atoms with Gasteiger partial charge in [0.15, 0.2) is 0 Å². The fraction of sp³-hybridized carbons (Fsp3) is 0.778. The first-order valence-corrected chi connectivity index (χ1v) is 9.02. The molecular weight excluding hydrogens is 288 g/mol. The van der Waals surface area contributed by atoms with Gasteiger partial charge < -0.3 is 4.90 Å². The molecule has 0 saturated carbocycles. The van der Waals surface area contributed by atoms with E-state index in [9.17, 15) is 4.79 Å². The lowest BCUT2D eigenvalue weighted by Gasteiger charge is -2.34. The first-order valence-electron chi connectivity index (χ1n) is 9.02. The monoisotopic (exact) mass is 318 g/mol. The number of carbonyl (C=O) groups excluding carboxylic acids is 1. The van der Waals surface area contributed by atoms with Crippen LogP contribution in [0.3, 0.4) is 0 Å². The van der Waals surface area contributed by atoms with Gasteiger partial charge in [-0.3, -0.25) is 14.4 Å². The molecule has 0 unspecified atom stereocenters. The van der Waals surface area contributed by atoms with Gasteiger partial charge in [-0.2, -0.15) is 5.10 Å². The highest BCUT2D eigenvalue weighted by molar-refractivity contribution is 5.94. The second-order valence-corrected chi connectivity index (χ2v) is 7.89. The van der Waals surface area contributed by atoms with Crippen molar-refractivity contribution in [3.8, 4) is 0 Å². The molecule has 0 radical (unpaired) electrons. The maximum Gasteiger partial charge on any atom is 0.257 e. The first kappa shape index (κ1) is 16.5. The molecule has 128 valence electrons. The molecule has 1 aromatic rings. The van der Waals surface area contributed by atoms with Gasteiger partial charge in [-0.1, -0.05) is 6.92 Å². The molecule has 0 aliphatic carbocycles. The highest BCUT2D eigenvalue weighted by atomic mass is 16.2. The minimum Gasteiger partial charge on any atom is -0.334 e. The topological polar surface area (TPSA) is 41.4 Å². The van der Waals surface area contributed by atoms with Crippen LogP contribution >= 0.6 is 0 Å². The number of nitrogens with zero attached hydrogens (tertiary/aromatic N) is 4. The summed E-state index contributed by atoms with van der Waals surface area (Å²) < 4.78 is 1.89. The Bertz CT molecular complexity index is 560. The van der Waals surface area contributed by atoms with Crippen molar-refractivity contribution in [2.24, 2.45) is 0 Å². The van der Waals surface area contributed by atoms with Gasteiger partial charge in [0.25, 0.3) is 5.91 Å². The number of carbonyl (C=O) groups is 1. The number of likely N-dealkylation sites (tertiary alicyclic amines) is 2. The zero-order valence-corrected chi connectivity index (χ0v) is 15.0. The number of hydrogen-bond donors (Lipinski definition) is 0. The van der Waals surface area contributed by atoms with Gasteiger partial charge in [0, 0.05) is 24.8 Å². The van der Waals surface area contributed by atoms with Crippen molar-refractivity contribution in [3.05, 3.63) is 18.0 Å². The fourth-order valence-electron chi connectivity index (χ4n) is 4.09. The largest absolute Gasteiger partial charge is 0.334 e. The lowest BCUT2D eigenvalue weighted by molar-refractivity contribution is 0.0649. The summed E-state index contributed by atoms with van der Waals surface area (Å²) in [6, 6.07) is 0.923. The summed E-state index contributed by atoms with van der Waals surface area (Å²) in [6.07, 6.45) is 8.39. The number of amides is 1. The summed E-state index contributed by atoms with van der Waals surface area (Å²) >= 11 is 0. The van der Waals surface area contributed by atoms with Gasteiger partial charge in [0.1, 0.15) is 0 Å². The Hall–Kier alpha value is -1.36. The van der Waals surface area contributed by atoms with E-state index in [2.05, 4.69) is 42.6 Å². The minimum absolute atomic E-state index is 0.0899. The predicted octanol–water partition coefficient (Wildman–Crippen LogP) is 2.73. The highest BCUT2D eigenvalue weighted by Gasteiger charge is 2.39. The van der Waals surface area contributed by atoms with Gasteiger partial charge in [0.2, 0.25) is 0 Å². The summed E-state index contributed by atoms with van der Waals surface area (Å²) in [4.78, 5) is 17.7. The molecule has 5 heteroatoms. The summed E-state index contributed by atoms with van der Waals surface area (Å²) in [7, 11) is 0. The van der Waals surface area contributed by atoms with Crippen LogP contribution in [-0.2, 0) is 5.54 Å². The summed E-state index contributed by atoms with van der Waals surface area (Å²) in [5.41, 5.74) is 0.640. The molecule has 0 bridgehead atoms. The van der Waals surface area contributed by atoms with Crippen LogP contribution in [0.1, 0.15) is 63.7 Å². The zero-order chi connectivity index (χ0) is 16.6. The van der Waals surface area contributed by atoms with E-state index in [1.165, 1.54) is 19.4 Å². The number of rotatable bonds is 3. The van der Waals surface area contributed by atoms with E-state index in [-0.39, 0.29) is 11.4 Å². The second kappa shape index (κ2) is 6.27. The van der Waals surface area contributed by atoms with Crippen molar-refractivity contribution in [1.82, 2.24) is 19.6 Å². The van der Waals surface area contributed by atoms with Gasteiger partial charge in [-0.15, -0.1) is 0 Å². The molecule has 3 rings (SSSR count). The normalized spacial score (nSPS) is 26.2. The van der Waals surface area contributed by atoms with Crippen molar-refractivity contribution < 1.29 is 4.79 Å². The van der Waals surface area contributed by atoms with Crippen molar-refractivity contribution in [1.29, 1.82) is 0 Å². The highest BCUT2D eigenvalue weighted by Crippen LogP contribution is 2.31. The third-order valence-corrected chi connectivity index (χ3v) is 5.34. The average molecular weight is 318 g/mol. The maximum absolute atomic E-state index is 13.0. The van der Waals surface area contributed by atoms with Crippen LogP contribution < -0.4 is 0 Å². The van der Waals surface area contributed by atoms with E-state index >= 15 is 0 Å². The van der Waals surface area contributed by atoms with E-state index in [1.54, 1.807) is 6.20 Å². The van der Waals surface area contributed by atoms with Crippen molar-refractivity contribution >= 4 is 5.91 Å². The molecule has 2 atom stereocenters. The van der Waals surface area contributed by atoms with Crippen LogP contribution in [0.2, 0.25) is 0 Å². The fourth-order valence-corrected chi connectivity index (χ4v) is 4.09. The van der Waals surface area contributed by atoms with E-state index in [4.69, 9.17) is 0 Å². The second-order valence-electron chi connectivity index (χ2n) is 7.89. The number of aromatic nitrogens is 2. The minimum atomic E-state index is -0.0899. The molecule has 1 amide bonds. The molecule has 1 aromatic heterocycles. The first-order chi connectivity index (χ1) is 10.9. The molecular formula is C18H30N4O. The Morgan fingerprint density at radius 1 is 1.22 bits per heavy atom. The zero-order valence-electron chi connectivity index (χ0n) is 15.0. The summed E-state index contributed by atoms with van der Waals surface area (Å²) in [6.45, 7) is 11.7. The van der Waals surface area contributed by atoms with Crippen LogP contribution in [0.5, 0.6) is 0 Å². The molecule has 2 aliphatic heterocycles. The van der Waals surface area contributed by atoms with E-state index in [0.29, 0.717) is 12.1 Å². The molecule has 23 heavy (non-hydrogen) atoms. The standard InChI is InChI=1S/C18H30N4O/c1-5-20-10-6-8-15(20)16-9-7-11-21(16)17(23)14-12-19-22(13-14)18(2,3)4/h12-13,15-16H,5-11H2,1-4H3/t15-,16-/m0/s1. The van der Waals surface area contributed by atoms with Gasteiger partial charge >= 0.3 is 0 Å².